The van der Waals surface area contributed by atoms with Gasteiger partial charge in [0.2, 0.25) is 0 Å². The quantitative estimate of drug-likeness (QED) is 0.519. The van der Waals surface area contributed by atoms with Crippen LogP contribution in [-0.2, 0) is 11.2 Å². The first-order valence-corrected chi connectivity index (χ1v) is 10.0. The molecule has 0 saturated heterocycles. The summed E-state index contributed by atoms with van der Waals surface area (Å²) in [4.78, 5) is 25.8. The third kappa shape index (κ3) is 4.17. The Morgan fingerprint density at radius 2 is 1.93 bits per heavy atom. The van der Waals surface area contributed by atoms with Gasteiger partial charge in [-0.25, -0.2) is 4.79 Å². The van der Waals surface area contributed by atoms with Crippen LogP contribution < -0.4 is 5.32 Å². The predicted molar refractivity (Wildman–Crippen MR) is 111 cm³/mol. The Hall–Kier alpha value is -2.86. The lowest BCUT2D eigenvalue weighted by molar-refractivity contribution is 0.0603. The molecule has 3 aromatic rings. The molecule has 0 spiro atoms. The average Bonchev–Trinajstić information content (AvgIpc) is 3.34. The number of anilines is 1. The molecule has 1 aromatic carbocycles. The monoisotopic (exact) mass is 397 g/mol. The molecule has 0 saturated carbocycles. The van der Waals surface area contributed by atoms with Crippen molar-refractivity contribution in [1.82, 2.24) is 0 Å². The lowest BCUT2D eigenvalue weighted by Gasteiger charge is -2.08. The minimum atomic E-state index is -0.482. The number of methoxy groups -OCH3 is 1. The molecular formula is C22H23NO4S. The molecule has 0 radical (unpaired) electrons. The van der Waals surface area contributed by atoms with E-state index in [9.17, 15) is 9.59 Å². The van der Waals surface area contributed by atoms with Gasteiger partial charge in [-0.05, 0) is 43.0 Å². The van der Waals surface area contributed by atoms with Crippen LogP contribution in [0.4, 0.5) is 5.00 Å². The zero-order valence-corrected chi connectivity index (χ0v) is 17.0. The number of carbonyl (C=O) groups is 2. The molecule has 0 aliphatic carbocycles. The van der Waals surface area contributed by atoms with Gasteiger partial charge in [0.1, 0.15) is 10.6 Å². The summed E-state index contributed by atoms with van der Waals surface area (Å²) in [5, 5.41) is 3.24. The van der Waals surface area contributed by atoms with Crippen LogP contribution in [0, 0.1) is 6.92 Å². The summed E-state index contributed by atoms with van der Waals surface area (Å²) in [6, 6.07) is 11.4. The van der Waals surface area contributed by atoms with Crippen molar-refractivity contribution in [2.75, 3.05) is 12.4 Å². The molecule has 0 unspecified atom stereocenters. The minimum absolute atomic E-state index is 0.184. The smallest absolute Gasteiger partial charge is 0.341 e. The molecule has 3 rings (SSSR count). The summed E-state index contributed by atoms with van der Waals surface area (Å²) in [7, 11) is 1.34. The van der Waals surface area contributed by atoms with E-state index in [1.54, 1.807) is 12.1 Å². The van der Waals surface area contributed by atoms with Gasteiger partial charge in [0.25, 0.3) is 5.91 Å². The van der Waals surface area contributed by atoms with Gasteiger partial charge in [-0.2, -0.15) is 0 Å². The van der Waals surface area contributed by atoms with Gasteiger partial charge in [0, 0.05) is 10.4 Å². The highest BCUT2D eigenvalue weighted by atomic mass is 32.1. The fraction of sp³-hybridized carbons (Fsp3) is 0.273. The van der Waals surface area contributed by atoms with Crippen LogP contribution in [0.25, 0.3) is 11.1 Å². The van der Waals surface area contributed by atoms with Crippen LogP contribution in [0.1, 0.15) is 51.1 Å². The molecule has 6 heteroatoms. The summed E-state index contributed by atoms with van der Waals surface area (Å²) >= 11 is 1.35. The van der Waals surface area contributed by atoms with Crippen molar-refractivity contribution in [2.24, 2.45) is 0 Å². The number of thiophene rings is 1. The number of esters is 1. The van der Waals surface area contributed by atoms with Crippen LogP contribution in [0.2, 0.25) is 0 Å². The van der Waals surface area contributed by atoms with Gasteiger partial charge < -0.3 is 14.5 Å². The fourth-order valence-electron chi connectivity index (χ4n) is 3.07. The number of unbranched alkanes of at least 4 members (excludes halogenated alkanes) is 1. The van der Waals surface area contributed by atoms with Crippen LogP contribution in [0.3, 0.4) is 0 Å². The number of furan rings is 1. The number of nitrogens with one attached hydrogen (secondary N) is 1. The zero-order valence-electron chi connectivity index (χ0n) is 16.2. The maximum absolute atomic E-state index is 12.5. The normalized spacial score (nSPS) is 10.7. The van der Waals surface area contributed by atoms with E-state index in [0.29, 0.717) is 10.6 Å². The topological polar surface area (TPSA) is 68.5 Å². The van der Waals surface area contributed by atoms with E-state index in [-0.39, 0.29) is 5.76 Å². The molecule has 0 atom stereocenters. The molecule has 1 N–H and O–H groups in total. The number of benzene rings is 1. The van der Waals surface area contributed by atoms with E-state index in [0.717, 1.165) is 35.3 Å². The van der Waals surface area contributed by atoms with Crippen molar-refractivity contribution in [3.05, 3.63) is 64.4 Å². The Bertz CT molecular complexity index is 955. The van der Waals surface area contributed by atoms with Gasteiger partial charge >= 0.3 is 5.97 Å². The largest absolute Gasteiger partial charge is 0.465 e. The SMILES string of the molecule is CCCCc1ccc(-c2c(C)sc(NC(=O)c3ccco3)c2C(=O)OC)cc1. The summed E-state index contributed by atoms with van der Waals surface area (Å²) in [6.07, 6.45) is 4.76. The molecule has 28 heavy (non-hydrogen) atoms. The zero-order chi connectivity index (χ0) is 20.1. The first-order valence-electron chi connectivity index (χ1n) is 9.21. The molecular weight excluding hydrogens is 374 g/mol. The first kappa shape index (κ1) is 19.9. The number of rotatable bonds is 7. The number of amides is 1. The lowest BCUT2D eigenvalue weighted by atomic mass is 9.99. The molecule has 0 bridgehead atoms. The van der Waals surface area contributed by atoms with E-state index in [4.69, 9.17) is 9.15 Å². The number of hydrogen-bond donors (Lipinski definition) is 1. The van der Waals surface area contributed by atoms with E-state index >= 15 is 0 Å². The van der Waals surface area contributed by atoms with Crippen molar-refractivity contribution in [3.63, 3.8) is 0 Å². The fourth-order valence-corrected chi connectivity index (χ4v) is 4.13. The van der Waals surface area contributed by atoms with Crippen LogP contribution in [-0.4, -0.2) is 19.0 Å². The summed E-state index contributed by atoms with van der Waals surface area (Å²) in [5.74, 6) is -0.703. The third-order valence-electron chi connectivity index (χ3n) is 4.51. The van der Waals surface area contributed by atoms with Gasteiger partial charge in [0.15, 0.2) is 5.76 Å². The maximum Gasteiger partial charge on any atom is 0.341 e. The molecule has 0 fully saturated rings. The Balaban J connectivity index is 1.97. The third-order valence-corrected chi connectivity index (χ3v) is 5.53. The van der Waals surface area contributed by atoms with Crippen molar-refractivity contribution in [2.45, 2.75) is 33.1 Å². The van der Waals surface area contributed by atoms with Crippen molar-refractivity contribution < 1.29 is 18.7 Å². The Kier molecular flexibility index (Phi) is 6.31. The maximum atomic E-state index is 12.5. The highest BCUT2D eigenvalue weighted by Gasteiger charge is 2.25. The van der Waals surface area contributed by atoms with Gasteiger partial charge in [-0.1, -0.05) is 37.6 Å². The summed E-state index contributed by atoms with van der Waals surface area (Å²) < 4.78 is 10.1. The van der Waals surface area contributed by atoms with E-state index < -0.39 is 11.9 Å². The Morgan fingerprint density at radius 1 is 1.18 bits per heavy atom. The van der Waals surface area contributed by atoms with Crippen LogP contribution in [0.15, 0.2) is 47.1 Å². The van der Waals surface area contributed by atoms with E-state index in [2.05, 4.69) is 24.4 Å². The molecule has 1 amide bonds. The second-order valence-electron chi connectivity index (χ2n) is 6.46. The number of hydrogen-bond acceptors (Lipinski definition) is 5. The summed E-state index contributed by atoms with van der Waals surface area (Å²) in [5.41, 5.74) is 3.34. The van der Waals surface area contributed by atoms with Gasteiger partial charge in [-0.15, -0.1) is 11.3 Å². The second kappa shape index (κ2) is 8.89. The molecule has 146 valence electrons. The van der Waals surface area contributed by atoms with E-state index in [1.807, 2.05) is 19.1 Å². The van der Waals surface area contributed by atoms with Gasteiger partial charge in [-0.3, -0.25) is 4.79 Å². The van der Waals surface area contributed by atoms with E-state index in [1.165, 1.54) is 30.3 Å². The molecule has 5 nitrogen and oxygen atoms in total. The summed E-state index contributed by atoms with van der Waals surface area (Å²) in [6.45, 7) is 4.10. The standard InChI is InChI=1S/C22H23NO4S/c1-4-5-7-15-9-11-16(12-10-15)18-14(2)28-21(19(18)22(25)26-3)23-20(24)17-8-6-13-27-17/h6,8-13H,4-5,7H2,1-3H3,(H,23,24). The van der Waals surface area contributed by atoms with Crippen LogP contribution in [0.5, 0.6) is 0 Å². The molecule has 0 aliphatic rings. The van der Waals surface area contributed by atoms with Gasteiger partial charge in [0.05, 0.1) is 13.4 Å². The highest BCUT2D eigenvalue weighted by Crippen LogP contribution is 2.40. The van der Waals surface area contributed by atoms with Crippen molar-refractivity contribution >= 4 is 28.2 Å². The highest BCUT2D eigenvalue weighted by molar-refractivity contribution is 7.17. The van der Waals surface area contributed by atoms with Crippen molar-refractivity contribution in [1.29, 1.82) is 0 Å². The van der Waals surface area contributed by atoms with Crippen molar-refractivity contribution in [3.8, 4) is 11.1 Å². The molecule has 2 aromatic heterocycles. The number of carbonyl (C=O) groups excluding carboxylic acids is 2. The number of ether oxygens (including phenoxy) is 1. The second-order valence-corrected chi connectivity index (χ2v) is 7.69. The lowest BCUT2D eigenvalue weighted by Crippen LogP contribution is -2.13. The number of aryl methyl sites for hydroxylation is 2. The molecule has 0 aliphatic heterocycles. The molecule has 2 heterocycles. The predicted octanol–water partition coefficient (Wildman–Crippen LogP) is 5.70. The average molecular weight is 397 g/mol. The van der Waals surface area contributed by atoms with Crippen LogP contribution >= 0.6 is 11.3 Å². The minimum Gasteiger partial charge on any atom is -0.465 e. The first-order chi connectivity index (χ1) is 13.5. The Morgan fingerprint density at radius 3 is 2.54 bits per heavy atom. The Labute approximate surface area is 168 Å².